The highest BCUT2D eigenvalue weighted by Crippen LogP contribution is 2.35. The van der Waals surface area contributed by atoms with Crippen LogP contribution in [0.3, 0.4) is 0 Å². The van der Waals surface area contributed by atoms with E-state index in [9.17, 15) is 9.59 Å². The van der Waals surface area contributed by atoms with Crippen molar-refractivity contribution < 1.29 is 14.3 Å². The molecule has 0 N–H and O–H groups in total. The average molecular weight is 1040 g/mol. The van der Waals surface area contributed by atoms with Crippen molar-refractivity contribution >= 4 is 55.8 Å². The summed E-state index contributed by atoms with van der Waals surface area (Å²) >= 11 is 1.79. The van der Waals surface area contributed by atoms with Gasteiger partial charge in [0, 0.05) is 37.7 Å². The number of benzene rings is 9. The zero-order valence-electron chi connectivity index (χ0n) is 43.7. The van der Waals surface area contributed by atoms with Gasteiger partial charge < -0.3 is 4.74 Å². The molecule has 0 bridgehead atoms. The second-order valence-electron chi connectivity index (χ2n) is 19.1. The van der Waals surface area contributed by atoms with Gasteiger partial charge in [-0.25, -0.2) is 19.7 Å². The smallest absolute Gasteiger partial charge is 0.338 e. The summed E-state index contributed by atoms with van der Waals surface area (Å²) in [6.45, 7) is 3.96. The molecule has 13 aromatic rings. The molecular weight excluding hydrogens is 987 g/mol. The molecule has 13 rings (SSSR count). The van der Waals surface area contributed by atoms with Crippen molar-refractivity contribution in [3.63, 3.8) is 0 Å². The fourth-order valence-corrected chi connectivity index (χ4v) is 10.2. The molecule has 7 heteroatoms. The van der Waals surface area contributed by atoms with E-state index in [1.807, 2.05) is 146 Å². The van der Waals surface area contributed by atoms with Crippen molar-refractivity contribution in [1.29, 1.82) is 0 Å². The van der Waals surface area contributed by atoms with Gasteiger partial charge in [-0.15, -0.1) is 11.3 Å². The third-order valence-electron chi connectivity index (χ3n) is 13.6. The number of ketones is 1. The van der Waals surface area contributed by atoms with Crippen LogP contribution < -0.4 is 0 Å². The molecule has 79 heavy (non-hydrogen) atoms. The number of Topliss-reactive ketones (excluding diaryl/α,β-unsaturated/α-hetero) is 1. The zero-order valence-corrected chi connectivity index (χ0v) is 44.5. The van der Waals surface area contributed by atoms with Crippen molar-refractivity contribution in [2.75, 3.05) is 0 Å². The Morgan fingerprint density at radius 2 is 0.797 bits per heavy atom. The molecule has 0 unspecified atom stereocenters. The summed E-state index contributed by atoms with van der Waals surface area (Å²) in [6.07, 6.45) is 0. The van der Waals surface area contributed by atoms with Crippen LogP contribution in [0.1, 0.15) is 38.8 Å². The number of hydrogen-bond donors (Lipinski definition) is 0. The predicted octanol–water partition coefficient (Wildman–Crippen LogP) is 18.6. The average Bonchev–Trinajstić information content (AvgIpc) is 4.02. The van der Waals surface area contributed by atoms with Crippen LogP contribution in [0.4, 0.5) is 0 Å². The van der Waals surface area contributed by atoms with E-state index in [-0.39, 0.29) is 18.4 Å². The molecular formula is C72H53N3O3S. The maximum Gasteiger partial charge on any atom is 0.338 e. The predicted molar refractivity (Wildman–Crippen MR) is 326 cm³/mol. The largest absolute Gasteiger partial charge is 0.457 e. The van der Waals surface area contributed by atoms with E-state index in [1.54, 1.807) is 18.3 Å². The number of aryl methyl sites for hydroxylation is 1. The summed E-state index contributed by atoms with van der Waals surface area (Å²) in [5, 5.41) is 3.45. The van der Waals surface area contributed by atoms with Crippen LogP contribution in [-0.2, 0) is 11.3 Å². The summed E-state index contributed by atoms with van der Waals surface area (Å²) in [4.78, 5) is 40.7. The molecule has 0 spiro atoms. The lowest BCUT2D eigenvalue weighted by Gasteiger charge is -2.08. The molecule has 0 amide bonds. The number of pyridine rings is 3. The van der Waals surface area contributed by atoms with Crippen LogP contribution in [-0.4, -0.2) is 26.7 Å². The topological polar surface area (TPSA) is 82.0 Å². The maximum absolute atomic E-state index is 12.4. The number of hydrogen-bond acceptors (Lipinski definition) is 7. The molecule has 0 aliphatic heterocycles. The molecule has 380 valence electrons. The summed E-state index contributed by atoms with van der Waals surface area (Å²) in [6, 6.07) is 91.6. The molecule has 0 aliphatic carbocycles. The molecule has 0 fully saturated rings. The Hall–Kier alpha value is -9.95. The van der Waals surface area contributed by atoms with E-state index < -0.39 is 0 Å². The van der Waals surface area contributed by atoms with Gasteiger partial charge in [0.15, 0.2) is 5.78 Å². The van der Waals surface area contributed by atoms with Crippen LogP contribution >= 0.6 is 11.3 Å². The van der Waals surface area contributed by atoms with E-state index in [1.165, 1.54) is 26.3 Å². The number of nitrogens with zero attached hydrogens (tertiary/aromatic N) is 3. The van der Waals surface area contributed by atoms with Gasteiger partial charge in [0.05, 0.1) is 44.1 Å². The molecule has 0 radical (unpaired) electrons. The van der Waals surface area contributed by atoms with Gasteiger partial charge in [0.1, 0.15) is 6.61 Å². The van der Waals surface area contributed by atoms with Gasteiger partial charge in [-0.05, 0) is 120 Å². The molecule has 4 aromatic heterocycles. The minimum Gasteiger partial charge on any atom is -0.457 e. The van der Waals surface area contributed by atoms with Gasteiger partial charge in [-0.2, -0.15) is 0 Å². The summed E-state index contributed by atoms with van der Waals surface area (Å²) in [5.41, 5.74) is 17.2. The minimum atomic E-state index is -0.325. The lowest BCUT2D eigenvalue weighted by Crippen LogP contribution is -2.05. The zero-order chi connectivity index (χ0) is 53.9. The monoisotopic (exact) mass is 1040 g/mol. The SMILES string of the molecule is CC(=O)c1ccc(-c2cccc(-c3ccc4ccccc4n3)c2)cc1.Cc1ccc(-c2ccc(-c3ccc4ccccc4n3)s2)cc1.O=C(OCc1ccccc1)c1ccc(-c2cccc(-c3ccc4ccccc4n3)c2)cc1. The standard InChI is InChI=1S/C29H21NO2.C23H17NO.C20H15NS/c31-29(32-20-21-7-2-1-3-8-21)24-15-13-22(14-16-24)25-10-6-11-26(19-25)28-18-17-23-9-4-5-12-27(23)30-28;1-16(25)17-9-11-18(12-10-17)20-6-4-7-21(15-20)23-14-13-19-5-2-3-8-22(19)24-23;1-14-6-8-16(9-7-14)19-12-13-20(22-19)18-11-10-15-4-2-3-5-17(15)21-18/h1-19H,20H2;2-15H,1H3;2-13H,1H3. The third-order valence-corrected chi connectivity index (χ3v) is 14.8. The second-order valence-corrected chi connectivity index (χ2v) is 20.2. The summed E-state index contributed by atoms with van der Waals surface area (Å²) < 4.78 is 5.42. The number of para-hydroxylation sites is 3. The van der Waals surface area contributed by atoms with Gasteiger partial charge >= 0.3 is 5.97 Å². The van der Waals surface area contributed by atoms with Crippen molar-refractivity contribution in [2.45, 2.75) is 20.5 Å². The number of aromatic nitrogens is 3. The molecule has 4 heterocycles. The maximum atomic E-state index is 12.4. The van der Waals surface area contributed by atoms with Crippen molar-refractivity contribution in [1.82, 2.24) is 15.0 Å². The highest BCUT2D eigenvalue weighted by atomic mass is 32.1. The van der Waals surface area contributed by atoms with Crippen LogP contribution in [0.2, 0.25) is 0 Å². The number of esters is 1. The van der Waals surface area contributed by atoms with Crippen LogP contribution in [0.5, 0.6) is 0 Å². The quantitative estimate of drug-likeness (QED) is 0.100. The first-order valence-corrected chi connectivity index (χ1v) is 27.0. The molecule has 0 saturated heterocycles. The minimum absolute atomic E-state index is 0.0839. The number of ether oxygens (including phenoxy) is 1. The highest BCUT2D eigenvalue weighted by Gasteiger charge is 2.11. The summed E-state index contributed by atoms with van der Waals surface area (Å²) in [5.74, 6) is -0.241. The van der Waals surface area contributed by atoms with Crippen molar-refractivity contribution in [3.05, 3.63) is 295 Å². The number of carbonyl (C=O) groups excluding carboxylic acids is 2. The first-order chi connectivity index (χ1) is 38.8. The van der Waals surface area contributed by atoms with Gasteiger partial charge in [-0.1, -0.05) is 206 Å². The van der Waals surface area contributed by atoms with E-state index in [4.69, 9.17) is 19.7 Å². The van der Waals surface area contributed by atoms with Crippen LogP contribution in [0.25, 0.3) is 98.5 Å². The molecule has 9 aromatic carbocycles. The number of carbonyl (C=O) groups is 2. The van der Waals surface area contributed by atoms with Gasteiger partial charge in [0.25, 0.3) is 0 Å². The van der Waals surface area contributed by atoms with Gasteiger partial charge in [0.2, 0.25) is 0 Å². The number of rotatable bonds is 10. The van der Waals surface area contributed by atoms with Gasteiger partial charge in [-0.3, -0.25) is 4.79 Å². The summed E-state index contributed by atoms with van der Waals surface area (Å²) in [7, 11) is 0. The third kappa shape index (κ3) is 12.5. The Morgan fingerprint density at radius 3 is 1.32 bits per heavy atom. The van der Waals surface area contributed by atoms with E-state index in [2.05, 4.69) is 134 Å². The fraction of sp³-hybridized carbons (Fsp3) is 0.0417. The first kappa shape index (κ1) is 51.2. The molecule has 6 nitrogen and oxygen atoms in total. The van der Waals surface area contributed by atoms with Crippen molar-refractivity contribution in [2.24, 2.45) is 0 Å². The second kappa shape index (κ2) is 23.9. The van der Waals surface area contributed by atoms with Crippen molar-refractivity contribution in [3.8, 4) is 65.8 Å². The molecule has 0 aliphatic rings. The van der Waals surface area contributed by atoms with E-state index >= 15 is 0 Å². The normalized spacial score (nSPS) is 10.8. The Kier molecular flexibility index (Phi) is 15.5. The lowest BCUT2D eigenvalue weighted by molar-refractivity contribution is 0.0472. The van der Waals surface area contributed by atoms with E-state index in [0.717, 1.165) is 88.9 Å². The Morgan fingerprint density at radius 1 is 0.367 bits per heavy atom. The Bertz CT molecular complexity index is 4250. The van der Waals surface area contributed by atoms with Crippen LogP contribution in [0.15, 0.2) is 273 Å². The highest BCUT2D eigenvalue weighted by molar-refractivity contribution is 7.18. The lowest BCUT2D eigenvalue weighted by atomic mass is 9.99. The van der Waals surface area contributed by atoms with E-state index in [0.29, 0.717) is 5.56 Å². The fourth-order valence-electron chi connectivity index (χ4n) is 9.22. The first-order valence-electron chi connectivity index (χ1n) is 26.1. The Labute approximate surface area is 464 Å². The molecule has 0 saturated carbocycles. The Balaban J connectivity index is 0.000000128. The van der Waals surface area contributed by atoms with Crippen LogP contribution in [0, 0.1) is 6.92 Å². The number of thiophene rings is 1. The molecule has 0 atom stereocenters. The number of fused-ring (bicyclic) bond motifs is 3.